The molecule has 1 atom stereocenters. The minimum Gasteiger partial charge on any atom is -0.385 e. The molecule has 1 aliphatic carbocycles. The van der Waals surface area contributed by atoms with Crippen molar-refractivity contribution in [3.63, 3.8) is 0 Å². The molecule has 1 rings (SSSR count). The van der Waals surface area contributed by atoms with Crippen LogP contribution >= 0.6 is 0 Å². The predicted octanol–water partition coefficient (Wildman–Crippen LogP) is 5.24. The predicted molar refractivity (Wildman–Crippen MR) is 103 cm³/mol. The highest BCUT2D eigenvalue weighted by atomic mass is 16.3. The number of hydrogen-bond acceptors (Lipinski definition) is 2. The summed E-state index contributed by atoms with van der Waals surface area (Å²) in [6.45, 7) is 12.0. The Morgan fingerprint density at radius 2 is 1.71 bits per heavy atom. The lowest BCUT2D eigenvalue weighted by Crippen LogP contribution is -2.35. The standard InChI is InChI=1S/C22H30O2/c1-7-8-10-16(2)11-9-12-17(3)13-14-19-18(4)21(24)20(23)15-22(19,5)6/h7-14,20,23H,15H2,1-6H3/b8-7+,11-9+,14-13+,16-10+,17-12+. The summed E-state index contributed by atoms with van der Waals surface area (Å²) in [5.74, 6) is -0.153. The normalized spacial score (nSPS) is 23.3. The Balaban J connectivity index is 2.93. The van der Waals surface area contributed by atoms with Crippen LogP contribution in [0.25, 0.3) is 0 Å². The number of rotatable bonds is 5. The van der Waals surface area contributed by atoms with Gasteiger partial charge in [0.15, 0.2) is 5.78 Å². The highest BCUT2D eigenvalue weighted by molar-refractivity contribution is 6.00. The molecule has 0 amide bonds. The lowest BCUT2D eigenvalue weighted by molar-refractivity contribution is -0.125. The van der Waals surface area contributed by atoms with Gasteiger partial charge >= 0.3 is 0 Å². The maximum Gasteiger partial charge on any atom is 0.187 e. The SMILES string of the molecule is C/C=C/C=C(C)/C=C/C=C(C)/C=C/C1=C(C)C(=O)C(O)CC1(C)C. The van der Waals surface area contributed by atoms with Crippen LogP contribution in [0.2, 0.25) is 0 Å². The zero-order valence-electron chi connectivity index (χ0n) is 15.8. The fraction of sp³-hybridized carbons (Fsp3) is 0.409. The lowest BCUT2D eigenvalue weighted by atomic mass is 9.71. The molecule has 1 aliphatic rings. The number of carbonyl (C=O) groups excluding carboxylic acids is 1. The van der Waals surface area contributed by atoms with E-state index in [2.05, 4.69) is 32.9 Å². The van der Waals surface area contributed by atoms with Crippen molar-refractivity contribution in [1.82, 2.24) is 0 Å². The van der Waals surface area contributed by atoms with Crippen molar-refractivity contribution in [3.8, 4) is 0 Å². The molecule has 24 heavy (non-hydrogen) atoms. The van der Waals surface area contributed by atoms with E-state index in [0.29, 0.717) is 12.0 Å². The Morgan fingerprint density at radius 3 is 2.33 bits per heavy atom. The van der Waals surface area contributed by atoms with Gasteiger partial charge in [-0.3, -0.25) is 4.79 Å². The number of aliphatic hydroxyl groups excluding tert-OH is 1. The third-order valence-electron chi connectivity index (χ3n) is 4.29. The molecule has 0 aromatic rings. The lowest BCUT2D eigenvalue weighted by Gasteiger charge is -2.34. The maximum atomic E-state index is 12.0. The van der Waals surface area contributed by atoms with E-state index in [1.165, 1.54) is 5.57 Å². The van der Waals surface area contributed by atoms with E-state index in [9.17, 15) is 9.90 Å². The van der Waals surface area contributed by atoms with E-state index in [-0.39, 0.29) is 11.2 Å². The molecule has 0 aromatic carbocycles. The summed E-state index contributed by atoms with van der Waals surface area (Å²) in [6, 6.07) is 0. The Labute approximate surface area is 146 Å². The van der Waals surface area contributed by atoms with E-state index < -0.39 is 6.10 Å². The Bertz CT molecular complexity index is 649. The molecule has 0 saturated carbocycles. The quantitative estimate of drug-likeness (QED) is 0.701. The number of hydrogen-bond donors (Lipinski definition) is 1. The van der Waals surface area contributed by atoms with E-state index in [1.54, 1.807) is 6.92 Å². The van der Waals surface area contributed by atoms with Crippen LogP contribution < -0.4 is 0 Å². The van der Waals surface area contributed by atoms with Crippen LogP contribution in [0.4, 0.5) is 0 Å². The van der Waals surface area contributed by atoms with E-state index in [4.69, 9.17) is 0 Å². The molecule has 130 valence electrons. The first-order valence-electron chi connectivity index (χ1n) is 8.45. The van der Waals surface area contributed by atoms with Gasteiger partial charge in [0.2, 0.25) is 0 Å². The monoisotopic (exact) mass is 326 g/mol. The van der Waals surface area contributed by atoms with Crippen molar-refractivity contribution in [2.24, 2.45) is 5.41 Å². The van der Waals surface area contributed by atoms with Crippen LogP contribution in [0.1, 0.15) is 48.0 Å². The van der Waals surface area contributed by atoms with Crippen molar-refractivity contribution < 1.29 is 9.90 Å². The molecule has 2 nitrogen and oxygen atoms in total. The zero-order valence-corrected chi connectivity index (χ0v) is 15.8. The van der Waals surface area contributed by atoms with Gasteiger partial charge in [0.05, 0.1) is 0 Å². The van der Waals surface area contributed by atoms with Crippen LogP contribution in [0.15, 0.2) is 70.9 Å². The second-order valence-corrected chi connectivity index (χ2v) is 7.05. The summed E-state index contributed by atoms with van der Waals surface area (Å²) in [7, 11) is 0. The minimum atomic E-state index is -0.872. The number of aliphatic hydroxyl groups is 1. The number of ketones is 1. The van der Waals surface area contributed by atoms with Crippen molar-refractivity contribution in [3.05, 3.63) is 70.9 Å². The molecular weight excluding hydrogens is 296 g/mol. The fourth-order valence-corrected chi connectivity index (χ4v) is 2.85. The molecule has 0 fully saturated rings. The molecule has 1 unspecified atom stereocenters. The van der Waals surface area contributed by atoms with E-state index in [1.807, 2.05) is 50.3 Å². The molecule has 2 heteroatoms. The molecule has 0 aromatic heterocycles. The number of carbonyl (C=O) groups is 1. The molecule has 0 heterocycles. The first kappa shape index (κ1) is 20.1. The summed E-state index contributed by atoms with van der Waals surface area (Å²) < 4.78 is 0. The molecule has 0 bridgehead atoms. The topological polar surface area (TPSA) is 37.3 Å². The zero-order chi connectivity index (χ0) is 18.3. The number of Topliss-reactive ketones (excluding diaryl/α,β-unsaturated/α-hetero) is 1. The largest absolute Gasteiger partial charge is 0.385 e. The van der Waals surface area contributed by atoms with Crippen molar-refractivity contribution >= 4 is 5.78 Å². The third-order valence-corrected chi connectivity index (χ3v) is 4.29. The minimum absolute atomic E-state index is 0.153. The molecular formula is C22H30O2. The summed E-state index contributed by atoms with van der Waals surface area (Å²) >= 11 is 0. The first-order chi connectivity index (χ1) is 11.2. The molecule has 1 N–H and O–H groups in total. The molecule has 0 aliphatic heterocycles. The van der Waals surface area contributed by atoms with Crippen molar-refractivity contribution in [2.45, 2.75) is 54.1 Å². The average Bonchev–Trinajstić information content (AvgIpc) is 2.50. The average molecular weight is 326 g/mol. The summed E-state index contributed by atoms with van der Waals surface area (Å²) in [5.41, 5.74) is 3.78. The van der Waals surface area contributed by atoms with Gasteiger partial charge in [0, 0.05) is 0 Å². The Morgan fingerprint density at radius 1 is 1.12 bits per heavy atom. The molecule has 0 radical (unpaired) electrons. The summed E-state index contributed by atoms with van der Waals surface area (Å²) in [4.78, 5) is 12.0. The maximum absolute atomic E-state index is 12.0. The van der Waals surface area contributed by atoms with E-state index >= 15 is 0 Å². The van der Waals surface area contributed by atoms with Gasteiger partial charge in [0.1, 0.15) is 6.10 Å². The van der Waals surface area contributed by atoms with Gasteiger partial charge in [-0.2, -0.15) is 0 Å². The van der Waals surface area contributed by atoms with Crippen LogP contribution in [-0.2, 0) is 4.79 Å². The Kier molecular flexibility index (Phi) is 7.37. The Hall–Kier alpha value is -1.93. The second-order valence-electron chi connectivity index (χ2n) is 7.05. The first-order valence-corrected chi connectivity index (χ1v) is 8.45. The smallest absolute Gasteiger partial charge is 0.187 e. The van der Waals surface area contributed by atoms with Crippen molar-refractivity contribution in [2.75, 3.05) is 0 Å². The highest BCUT2D eigenvalue weighted by Crippen LogP contribution is 2.39. The third kappa shape index (κ3) is 5.61. The molecule has 0 spiro atoms. The summed E-state index contributed by atoms with van der Waals surface area (Å²) in [5, 5.41) is 9.87. The van der Waals surface area contributed by atoms with E-state index in [0.717, 1.165) is 11.1 Å². The summed E-state index contributed by atoms with van der Waals surface area (Å²) in [6.07, 6.45) is 15.9. The highest BCUT2D eigenvalue weighted by Gasteiger charge is 2.36. The van der Waals surface area contributed by atoms with Crippen LogP contribution in [0.3, 0.4) is 0 Å². The van der Waals surface area contributed by atoms with Gasteiger partial charge in [-0.05, 0) is 50.7 Å². The van der Waals surface area contributed by atoms with Gasteiger partial charge in [-0.1, -0.05) is 73.6 Å². The van der Waals surface area contributed by atoms with Crippen molar-refractivity contribution in [1.29, 1.82) is 0 Å². The fourth-order valence-electron chi connectivity index (χ4n) is 2.85. The van der Waals surface area contributed by atoms with Gasteiger partial charge < -0.3 is 5.11 Å². The van der Waals surface area contributed by atoms with Crippen LogP contribution in [-0.4, -0.2) is 17.0 Å². The van der Waals surface area contributed by atoms with Crippen LogP contribution in [0, 0.1) is 5.41 Å². The molecule has 0 saturated heterocycles. The van der Waals surface area contributed by atoms with Gasteiger partial charge in [-0.25, -0.2) is 0 Å². The van der Waals surface area contributed by atoms with Gasteiger partial charge in [-0.15, -0.1) is 0 Å². The van der Waals surface area contributed by atoms with Gasteiger partial charge in [0.25, 0.3) is 0 Å². The second kappa shape index (κ2) is 8.79. The van der Waals surface area contributed by atoms with Crippen LogP contribution in [0.5, 0.6) is 0 Å². The number of allylic oxidation sites excluding steroid dienone is 11.